The highest BCUT2D eigenvalue weighted by Gasteiger charge is 2.19. The normalized spacial score (nSPS) is 19.0. The summed E-state index contributed by atoms with van der Waals surface area (Å²) in [5.74, 6) is 6.49. The molecule has 0 radical (unpaired) electrons. The molecule has 1 fully saturated rings. The molecule has 2 nitrogen and oxygen atoms in total. The van der Waals surface area contributed by atoms with Crippen molar-refractivity contribution < 1.29 is 0 Å². The molecule has 0 spiro atoms. The molecule has 9 heavy (non-hydrogen) atoms. The van der Waals surface area contributed by atoms with Gasteiger partial charge in [-0.1, -0.05) is 12.8 Å². The molecule has 0 unspecified atom stereocenters. The van der Waals surface area contributed by atoms with Gasteiger partial charge in [0.2, 0.25) is 0 Å². The molecule has 1 aliphatic carbocycles. The van der Waals surface area contributed by atoms with Gasteiger partial charge in [-0.3, -0.25) is 10.9 Å². The van der Waals surface area contributed by atoms with Gasteiger partial charge in [0.1, 0.15) is 0 Å². The minimum atomic E-state index is 1.05. The van der Waals surface area contributed by atoms with Crippen LogP contribution in [0.3, 0.4) is 0 Å². The second-order valence-corrected chi connectivity index (χ2v) is 3.07. The topological polar surface area (TPSA) is 29.3 Å². The van der Waals surface area contributed by atoms with Crippen LogP contribution in [0.4, 0.5) is 0 Å². The Morgan fingerprint density at radius 1 is 1.56 bits per heavy atom. The molecule has 0 heterocycles. The predicted octanol–water partition coefficient (Wildman–Crippen LogP) is 0.982. The fourth-order valence-corrected chi connectivity index (χ4v) is 1.04. The zero-order valence-electron chi connectivity index (χ0n) is 6.14. The van der Waals surface area contributed by atoms with Crippen molar-refractivity contribution in [1.82, 2.24) is 5.01 Å². The monoisotopic (exact) mass is 128 g/mol. The Labute approximate surface area is 57.0 Å². The van der Waals surface area contributed by atoms with Crippen molar-refractivity contribution >= 4 is 0 Å². The van der Waals surface area contributed by atoms with Gasteiger partial charge < -0.3 is 0 Å². The highest BCUT2D eigenvalue weighted by molar-refractivity contribution is 4.72. The summed E-state index contributed by atoms with van der Waals surface area (Å²) in [6.45, 7) is 1.05. The molecule has 54 valence electrons. The van der Waals surface area contributed by atoms with Crippen molar-refractivity contribution in [3.63, 3.8) is 0 Å². The van der Waals surface area contributed by atoms with Gasteiger partial charge in [0.15, 0.2) is 0 Å². The largest absolute Gasteiger partial charge is 0.269 e. The van der Waals surface area contributed by atoms with Crippen LogP contribution in [0.2, 0.25) is 0 Å². The average Bonchev–Trinajstić information content (AvgIpc) is 2.48. The minimum Gasteiger partial charge on any atom is -0.269 e. The summed E-state index contributed by atoms with van der Waals surface area (Å²) in [7, 11) is 1.92. The first-order valence-corrected chi connectivity index (χ1v) is 3.75. The third kappa shape index (κ3) is 3.49. The first kappa shape index (κ1) is 7.03. The van der Waals surface area contributed by atoms with Crippen molar-refractivity contribution in [2.75, 3.05) is 13.6 Å². The maximum atomic E-state index is 5.43. The van der Waals surface area contributed by atoms with Gasteiger partial charge in [0.05, 0.1) is 0 Å². The van der Waals surface area contributed by atoms with Gasteiger partial charge in [-0.15, -0.1) is 0 Å². The summed E-state index contributed by atoms with van der Waals surface area (Å²) in [4.78, 5) is 0. The molecule has 2 heteroatoms. The fraction of sp³-hybridized carbons (Fsp3) is 1.00. The molecule has 0 aliphatic heterocycles. The van der Waals surface area contributed by atoms with Crippen LogP contribution in [0, 0.1) is 5.92 Å². The summed E-state index contributed by atoms with van der Waals surface area (Å²) in [5.41, 5.74) is 0. The molecule has 0 saturated heterocycles. The van der Waals surface area contributed by atoms with Gasteiger partial charge in [0, 0.05) is 13.6 Å². The van der Waals surface area contributed by atoms with E-state index in [4.69, 9.17) is 5.84 Å². The van der Waals surface area contributed by atoms with Crippen LogP contribution in [0.1, 0.15) is 25.7 Å². The van der Waals surface area contributed by atoms with E-state index < -0.39 is 0 Å². The molecule has 0 aromatic carbocycles. The van der Waals surface area contributed by atoms with E-state index >= 15 is 0 Å². The second-order valence-electron chi connectivity index (χ2n) is 3.07. The molecule has 2 N–H and O–H groups in total. The van der Waals surface area contributed by atoms with Crippen LogP contribution >= 0.6 is 0 Å². The molecule has 0 aromatic heterocycles. The standard InChI is InChI=1S/C7H16N2/c1-9(8)6-2-3-7-4-5-7/h7H,2-6,8H2,1H3. The summed E-state index contributed by atoms with van der Waals surface area (Å²) in [5, 5.41) is 1.77. The van der Waals surface area contributed by atoms with Gasteiger partial charge in [-0.2, -0.15) is 0 Å². The van der Waals surface area contributed by atoms with E-state index in [1.54, 1.807) is 5.01 Å². The smallest absolute Gasteiger partial charge is 0.0125 e. The Morgan fingerprint density at radius 2 is 2.22 bits per heavy atom. The van der Waals surface area contributed by atoms with Crippen LogP contribution in [-0.4, -0.2) is 18.6 Å². The van der Waals surface area contributed by atoms with Crippen molar-refractivity contribution in [2.45, 2.75) is 25.7 Å². The third-order valence-corrected chi connectivity index (χ3v) is 1.82. The molecule has 1 rings (SSSR count). The molecular formula is C7H16N2. The van der Waals surface area contributed by atoms with Crippen LogP contribution < -0.4 is 5.84 Å². The SMILES string of the molecule is CN(N)CCCC1CC1. The number of hydrogen-bond donors (Lipinski definition) is 1. The molecule has 0 aromatic rings. The van der Waals surface area contributed by atoms with E-state index in [9.17, 15) is 0 Å². The van der Waals surface area contributed by atoms with E-state index in [-0.39, 0.29) is 0 Å². The molecule has 0 bridgehead atoms. The maximum absolute atomic E-state index is 5.43. The average molecular weight is 128 g/mol. The summed E-state index contributed by atoms with van der Waals surface area (Å²) in [6, 6.07) is 0. The number of nitrogens with two attached hydrogens (primary N) is 1. The van der Waals surface area contributed by atoms with Gasteiger partial charge >= 0.3 is 0 Å². The lowest BCUT2D eigenvalue weighted by Crippen LogP contribution is -2.26. The number of nitrogens with zero attached hydrogens (tertiary/aromatic N) is 1. The number of rotatable bonds is 4. The summed E-state index contributed by atoms with van der Waals surface area (Å²) >= 11 is 0. The lowest BCUT2D eigenvalue weighted by molar-refractivity contribution is 0.336. The number of hydrogen-bond acceptors (Lipinski definition) is 2. The Kier molecular flexibility index (Phi) is 2.49. The van der Waals surface area contributed by atoms with Gasteiger partial charge in [0.25, 0.3) is 0 Å². The van der Waals surface area contributed by atoms with E-state index in [1.165, 1.54) is 25.7 Å². The van der Waals surface area contributed by atoms with Crippen LogP contribution in [0.5, 0.6) is 0 Å². The Morgan fingerprint density at radius 3 is 2.67 bits per heavy atom. The fourth-order valence-electron chi connectivity index (χ4n) is 1.04. The van der Waals surface area contributed by atoms with Gasteiger partial charge in [-0.05, 0) is 18.8 Å². The van der Waals surface area contributed by atoms with Crippen molar-refractivity contribution in [1.29, 1.82) is 0 Å². The predicted molar refractivity (Wildman–Crippen MR) is 38.8 cm³/mol. The molecule has 0 atom stereocenters. The first-order valence-electron chi connectivity index (χ1n) is 3.75. The Balaban J connectivity index is 1.81. The van der Waals surface area contributed by atoms with Crippen molar-refractivity contribution in [3.05, 3.63) is 0 Å². The lowest BCUT2D eigenvalue weighted by Gasteiger charge is -2.07. The Hall–Kier alpha value is -0.0800. The van der Waals surface area contributed by atoms with Crippen molar-refractivity contribution in [3.8, 4) is 0 Å². The van der Waals surface area contributed by atoms with E-state index in [0.29, 0.717) is 0 Å². The second kappa shape index (κ2) is 3.18. The lowest BCUT2D eigenvalue weighted by atomic mass is 10.2. The highest BCUT2D eigenvalue weighted by atomic mass is 15.4. The molecule has 1 aliphatic rings. The zero-order chi connectivity index (χ0) is 6.69. The quantitative estimate of drug-likeness (QED) is 0.452. The van der Waals surface area contributed by atoms with Crippen molar-refractivity contribution in [2.24, 2.45) is 11.8 Å². The van der Waals surface area contributed by atoms with Crippen LogP contribution in [0.25, 0.3) is 0 Å². The zero-order valence-corrected chi connectivity index (χ0v) is 6.14. The minimum absolute atomic E-state index is 1.05. The number of hydrazine groups is 1. The highest BCUT2D eigenvalue weighted by Crippen LogP contribution is 2.33. The summed E-state index contributed by atoms with van der Waals surface area (Å²) < 4.78 is 0. The summed E-state index contributed by atoms with van der Waals surface area (Å²) in [6.07, 6.45) is 5.60. The van der Waals surface area contributed by atoms with Gasteiger partial charge in [-0.25, -0.2) is 0 Å². The molecule has 0 amide bonds. The third-order valence-electron chi connectivity index (χ3n) is 1.82. The first-order chi connectivity index (χ1) is 4.29. The van der Waals surface area contributed by atoms with E-state index in [1.807, 2.05) is 7.05 Å². The van der Waals surface area contributed by atoms with E-state index in [0.717, 1.165) is 12.5 Å². The maximum Gasteiger partial charge on any atom is 0.0125 e. The Bertz CT molecular complexity index is 75.0. The van der Waals surface area contributed by atoms with E-state index in [2.05, 4.69) is 0 Å². The molecular weight excluding hydrogens is 112 g/mol. The molecule has 1 saturated carbocycles. The van der Waals surface area contributed by atoms with Crippen LogP contribution in [-0.2, 0) is 0 Å². The van der Waals surface area contributed by atoms with Crippen LogP contribution in [0.15, 0.2) is 0 Å².